The maximum absolute atomic E-state index is 9.82. The van der Waals surface area contributed by atoms with Crippen LogP contribution in [-0.2, 0) is 9.53 Å². The second-order valence-corrected chi connectivity index (χ2v) is 2.53. The van der Waals surface area contributed by atoms with Crippen molar-refractivity contribution < 1.29 is 19.7 Å². The minimum Gasteiger partial charge on any atom is -0.466 e. The Morgan fingerprint density at radius 2 is 1.31 bits per heavy atom. The van der Waals surface area contributed by atoms with Crippen molar-refractivity contribution in [2.75, 3.05) is 19.8 Å². The van der Waals surface area contributed by atoms with Crippen LogP contribution in [0.2, 0.25) is 0 Å². The van der Waals surface area contributed by atoms with Crippen molar-refractivity contribution in [2.45, 2.75) is 13.8 Å². The van der Waals surface area contributed by atoms with Gasteiger partial charge in [-0.1, -0.05) is 36.4 Å². The summed E-state index contributed by atoms with van der Waals surface area (Å²) in [5, 5.41) is 15.2. The van der Waals surface area contributed by atoms with E-state index in [4.69, 9.17) is 10.2 Å². The number of benzene rings is 1. The molecule has 0 heterocycles. The van der Waals surface area contributed by atoms with Gasteiger partial charge in [0.1, 0.15) is 0 Å². The van der Waals surface area contributed by atoms with E-state index in [1.807, 2.05) is 36.4 Å². The lowest BCUT2D eigenvalue weighted by molar-refractivity contribution is -0.140. The first-order valence-corrected chi connectivity index (χ1v) is 5.04. The number of hydrogen-bond donors (Lipinski definition) is 2. The third kappa shape index (κ3) is 22.9. The number of hydrogen-bond acceptors (Lipinski definition) is 4. The monoisotopic (exact) mass is 228 g/mol. The van der Waals surface area contributed by atoms with Crippen LogP contribution < -0.4 is 0 Å². The molecular formula is C12H20O4. The largest absolute Gasteiger partial charge is 0.466 e. The highest BCUT2D eigenvalue weighted by Gasteiger charge is 1.81. The molecule has 0 radical (unpaired) electrons. The molecule has 0 saturated carbocycles. The zero-order valence-electron chi connectivity index (χ0n) is 9.80. The molecule has 16 heavy (non-hydrogen) atoms. The van der Waals surface area contributed by atoms with E-state index in [1.165, 1.54) is 6.92 Å². The molecule has 0 atom stereocenters. The van der Waals surface area contributed by atoms with Gasteiger partial charge in [-0.2, -0.15) is 0 Å². The fourth-order valence-electron chi connectivity index (χ4n) is 0.588. The summed E-state index contributed by atoms with van der Waals surface area (Å²) in [4.78, 5) is 9.82. The van der Waals surface area contributed by atoms with Crippen LogP contribution in [0.1, 0.15) is 13.8 Å². The topological polar surface area (TPSA) is 66.8 Å². The van der Waals surface area contributed by atoms with Gasteiger partial charge in [-0.25, -0.2) is 0 Å². The Bertz CT molecular complexity index is 195. The lowest BCUT2D eigenvalue weighted by atomic mass is 10.4. The van der Waals surface area contributed by atoms with Gasteiger partial charge in [-0.3, -0.25) is 4.79 Å². The molecule has 0 amide bonds. The van der Waals surface area contributed by atoms with Gasteiger partial charge in [0.15, 0.2) is 0 Å². The number of carbonyl (C=O) groups is 1. The average Bonchev–Trinajstić information content (AvgIpc) is 2.32. The smallest absolute Gasteiger partial charge is 0.302 e. The molecule has 0 bridgehead atoms. The van der Waals surface area contributed by atoms with Crippen LogP contribution in [0.5, 0.6) is 0 Å². The summed E-state index contributed by atoms with van der Waals surface area (Å²) < 4.78 is 4.40. The van der Waals surface area contributed by atoms with Gasteiger partial charge in [0.05, 0.1) is 19.8 Å². The molecule has 0 aliphatic rings. The second kappa shape index (κ2) is 16.1. The zero-order valence-corrected chi connectivity index (χ0v) is 9.80. The predicted octanol–water partition coefficient (Wildman–Crippen LogP) is 1.23. The third-order valence-electron chi connectivity index (χ3n) is 1.11. The molecule has 4 nitrogen and oxygen atoms in total. The highest BCUT2D eigenvalue weighted by Crippen LogP contribution is 1.79. The van der Waals surface area contributed by atoms with Gasteiger partial charge in [0.25, 0.3) is 0 Å². The summed E-state index contributed by atoms with van der Waals surface area (Å²) in [5.74, 6) is -0.211. The maximum Gasteiger partial charge on any atom is 0.302 e. The van der Waals surface area contributed by atoms with Crippen LogP contribution in [0.3, 0.4) is 0 Å². The summed E-state index contributed by atoms with van der Waals surface area (Å²) in [7, 11) is 0. The molecule has 0 saturated heterocycles. The second-order valence-electron chi connectivity index (χ2n) is 2.53. The van der Waals surface area contributed by atoms with Gasteiger partial charge in [-0.15, -0.1) is 0 Å². The van der Waals surface area contributed by atoms with E-state index in [2.05, 4.69) is 4.74 Å². The van der Waals surface area contributed by atoms with Crippen molar-refractivity contribution >= 4 is 5.97 Å². The van der Waals surface area contributed by atoms with E-state index in [0.29, 0.717) is 6.61 Å². The zero-order chi connectivity index (χ0) is 12.6. The van der Waals surface area contributed by atoms with Crippen LogP contribution in [-0.4, -0.2) is 36.0 Å². The Kier molecular flexibility index (Phi) is 17.1. The van der Waals surface area contributed by atoms with E-state index in [-0.39, 0.29) is 19.2 Å². The van der Waals surface area contributed by atoms with Crippen molar-refractivity contribution in [1.29, 1.82) is 0 Å². The molecule has 0 unspecified atom stereocenters. The van der Waals surface area contributed by atoms with E-state index in [1.54, 1.807) is 6.92 Å². The summed E-state index contributed by atoms with van der Waals surface area (Å²) in [6.07, 6.45) is 0. The van der Waals surface area contributed by atoms with E-state index in [0.717, 1.165) is 0 Å². The van der Waals surface area contributed by atoms with E-state index >= 15 is 0 Å². The lowest BCUT2D eigenvalue weighted by Gasteiger charge is -1.89. The van der Waals surface area contributed by atoms with Crippen LogP contribution >= 0.6 is 0 Å². The third-order valence-corrected chi connectivity index (χ3v) is 1.11. The summed E-state index contributed by atoms with van der Waals surface area (Å²) in [5.41, 5.74) is 0. The number of aliphatic hydroxyl groups excluding tert-OH is 2. The van der Waals surface area contributed by atoms with Crippen molar-refractivity contribution in [3.05, 3.63) is 36.4 Å². The Hall–Kier alpha value is -1.39. The molecule has 0 aromatic heterocycles. The number of esters is 1. The van der Waals surface area contributed by atoms with Crippen molar-refractivity contribution in [3.8, 4) is 0 Å². The molecule has 92 valence electrons. The van der Waals surface area contributed by atoms with Crippen molar-refractivity contribution in [3.63, 3.8) is 0 Å². The Labute approximate surface area is 96.5 Å². The molecule has 1 aromatic carbocycles. The predicted molar refractivity (Wildman–Crippen MR) is 62.9 cm³/mol. The van der Waals surface area contributed by atoms with Crippen LogP contribution in [0.25, 0.3) is 0 Å². The molecule has 4 heteroatoms. The molecule has 1 aromatic rings. The minimum atomic E-state index is -0.211. The average molecular weight is 228 g/mol. The van der Waals surface area contributed by atoms with Gasteiger partial charge >= 0.3 is 5.97 Å². The Morgan fingerprint density at radius 1 is 1.00 bits per heavy atom. The first kappa shape index (κ1) is 17.0. The summed E-state index contributed by atoms with van der Waals surface area (Å²) in [6, 6.07) is 12.0. The molecule has 0 spiro atoms. The first-order valence-electron chi connectivity index (χ1n) is 5.04. The number of aliphatic hydroxyl groups is 2. The van der Waals surface area contributed by atoms with Crippen molar-refractivity contribution in [2.24, 2.45) is 0 Å². The Morgan fingerprint density at radius 3 is 1.38 bits per heavy atom. The maximum atomic E-state index is 9.82. The van der Waals surface area contributed by atoms with Crippen molar-refractivity contribution in [1.82, 2.24) is 0 Å². The number of carbonyl (C=O) groups excluding carboxylic acids is 1. The standard InChI is InChI=1S/C6H6.C4H8O2.C2H6O2/c1-2-4-6-5-3-1;1-3-6-4(2)5;3-1-2-4/h1-6H;3H2,1-2H3;3-4H,1-2H2. The van der Waals surface area contributed by atoms with Gasteiger partial charge < -0.3 is 14.9 Å². The molecule has 0 aliphatic heterocycles. The summed E-state index contributed by atoms with van der Waals surface area (Å²) >= 11 is 0. The van der Waals surface area contributed by atoms with Crippen LogP contribution in [0.4, 0.5) is 0 Å². The molecular weight excluding hydrogens is 208 g/mol. The van der Waals surface area contributed by atoms with Crippen LogP contribution in [0.15, 0.2) is 36.4 Å². The SMILES string of the molecule is CCOC(C)=O.OCCO.c1ccccc1. The highest BCUT2D eigenvalue weighted by molar-refractivity contribution is 5.65. The molecule has 0 aliphatic carbocycles. The molecule has 0 fully saturated rings. The van der Waals surface area contributed by atoms with E-state index < -0.39 is 0 Å². The van der Waals surface area contributed by atoms with Gasteiger partial charge in [-0.05, 0) is 6.92 Å². The number of ether oxygens (including phenoxy) is 1. The van der Waals surface area contributed by atoms with Gasteiger partial charge in [0, 0.05) is 6.92 Å². The lowest BCUT2D eigenvalue weighted by Crippen LogP contribution is -1.95. The highest BCUT2D eigenvalue weighted by atomic mass is 16.5. The van der Waals surface area contributed by atoms with Crippen LogP contribution in [0, 0.1) is 0 Å². The first-order chi connectivity index (χ1) is 7.68. The minimum absolute atomic E-state index is 0.125. The number of rotatable bonds is 2. The van der Waals surface area contributed by atoms with Gasteiger partial charge in [0.2, 0.25) is 0 Å². The molecule has 1 rings (SSSR count). The fourth-order valence-corrected chi connectivity index (χ4v) is 0.588. The fraction of sp³-hybridized carbons (Fsp3) is 0.417. The summed E-state index contributed by atoms with van der Waals surface area (Å²) in [6.45, 7) is 3.40. The Balaban J connectivity index is 0. The van der Waals surface area contributed by atoms with E-state index in [9.17, 15) is 4.79 Å². The normalized spacial score (nSPS) is 7.75. The molecule has 2 N–H and O–H groups in total. The quantitative estimate of drug-likeness (QED) is 0.747.